The fraction of sp³-hybridized carbons (Fsp3) is 0.538. The number of amides is 1. The van der Waals surface area contributed by atoms with E-state index in [1.807, 2.05) is 0 Å². The normalized spacial score (nSPS) is 19.3. The Bertz CT molecular complexity index is 1180. The van der Waals surface area contributed by atoms with E-state index in [1.54, 1.807) is 25.1 Å². The number of halogens is 5. The van der Waals surface area contributed by atoms with Gasteiger partial charge in [-0.2, -0.15) is 22.0 Å². The fourth-order valence-electron chi connectivity index (χ4n) is 4.91. The van der Waals surface area contributed by atoms with E-state index in [2.05, 4.69) is 9.97 Å². The van der Waals surface area contributed by atoms with Crippen molar-refractivity contribution in [2.75, 3.05) is 32.8 Å². The van der Waals surface area contributed by atoms with Crippen LogP contribution in [-0.4, -0.2) is 87.7 Å². The maximum absolute atomic E-state index is 13.3. The molecule has 2 aliphatic heterocycles. The summed E-state index contributed by atoms with van der Waals surface area (Å²) < 4.78 is 69.5. The SMILES string of the molecule is Cc1cc(-c2cnc(OCC3CCN(CC(F)(F)C(F)(F)F)CC3)cn2)ccc1C(=O)N1CCCC1C(=O)O. The highest BCUT2D eigenvalue weighted by Gasteiger charge is 2.58. The summed E-state index contributed by atoms with van der Waals surface area (Å²) in [6, 6.07) is 4.32. The number of ether oxygens (including phenoxy) is 1. The molecule has 4 rings (SSSR count). The first-order chi connectivity index (χ1) is 18.4. The van der Waals surface area contributed by atoms with Crippen LogP contribution in [0.3, 0.4) is 0 Å². The number of aliphatic carboxylic acids is 1. The summed E-state index contributed by atoms with van der Waals surface area (Å²) in [6.45, 7) is 1.31. The van der Waals surface area contributed by atoms with Crippen LogP contribution in [0.5, 0.6) is 5.88 Å². The van der Waals surface area contributed by atoms with Gasteiger partial charge in [0, 0.05) is 17.7 Å². The largest absolute Gasteiger partial charge is 0.480 e. The standard InChI is InChI=1S/C26H29F5N4O4/c1-16-11-18(4-5-19(16)23(36)35-8-2-3-21(35)24(37)38)20-12-33-22(13-32-20)39-14-17-6-9-34(10-7-17)15-25(27,28)26(29,30)31/h4-5,11-13,17,21H,2-3,6-10,14-15H2,1H3,(H,37,38). The number of carbonyl (C=O) groups excluding carboxylic acids is 1. The van der Waals surface area contributed by atoms with Gasteiger partial charge in [-0.3, -0.25) is 9.69 Å². The maximum atomic E-state index is 13.3. The Kier molecular flexibility index (Phi) is 8.38. The molecule has 1 aromatic heterocycles. The summed E-state index contributed by atoms with van der Waals surface area (Å²) in [4.78, 5) is 35.5. The molecule has 0 saturated carbocycles. The molecule has 1 amide bonds. The van der Waals surface area contributed by atoms with E-state index >= 15 is 0 Å². The van der Waals surface area contributed by atoms with Gasteiger partial charge in [0.2, 0.25) is 5.88 Å². The monoisotopic (exact) mass is 556 g/mol. The number of nitrogens with zero attached hydrogens (tertiary/aromatic N) is 4. The quantitative estimate of drug-likeness (QED) is 0.481. The maximum Gasteiger partial charge on any atom is 0.454 e. The number of carbonyl (C=O) groups is 2. The summed E-state index contributed by atoms with van der Waals surface area (Å²) in [5.74, 6) is -5.82. The number of carboxylic acid groups (broad SMARTS) is 1. The van der Waals surface area contributed by atoms with Crippen LogP contribution in [0.15, 0.2) is 30.6 Å². The molecule has 0 radical (unpaired) electrons. The van der Waals surface area contributed by atoms with Crippen LogP contribution in [0, 0.1) is 12.8 Å². The molecule has 1 unspecified atom stereocenters. The molecular formula is C26H29F5N4O4. The Morgan fingerprint density at radius 2 is 1.77 bits per heavy atom. The molecule has 2 saturated heterocycles. The van der Waals surface area contributed by atoms with Crippen LogP contribution in [0.1, 0.15) is 41.6 Å². The van der Waals surface area contributed by atoms with Gasteiger partial charge < -0.3 is 14.7 Å². The number of carboxylic acids is 1. The zero-order valence-corrected chi connectivity index (χ0v) is 21.3. The number of rotatable bonds is 8. The van der Waals surface area contributed by atoms with Crippen LogP contribution in [-0.2, 0) is 4.79 Å². The highest BCUT2D eigenvalue weighted by Crippen LogP contribution is 2.36. The molecule has 0 aliphatic carbocycles. The average molecular weight is 557 g/mol. The zero-order chi connectivity index (χ0) is 28.4. The predicted octanol–water partition coefficient (Wildman–Crippen LogP) is 4.43. The molecule has 8 nitrogen and oxygen atoms in total. The van der Waals surface area contributed by atoms with Crippen molar-refractivity contribution < 1.29 is 41.4 Å². The number of hydrogen-bond donors (Lipinski definition) is 1. The minimum absolute atomic E-state index is 0.00806. The van der Waals surface area contributed by atoms with E-state index in [9.17, 15) is 36.6 Å². The van der Waals surface area contributed by atoms with Crippen molar-refractivity contribution in [2.45, 2.75) is 50.7 Å². The lowest BCUT2D eigenvalue weighted by Gasteiger charge is -2.34. The van der Waals surface area contributed by atoms with Crippen LogP contribution in [0.2, 0.25) is 0 Å². The van der Waals surface area contributed by atoms with Gasteiger partial charge in [0.15, 0.2) is 0 Å². The second kappa shape index (κ2) is 11.4. The molecule has 13 heteroatoms. The lowest BCUT2D eigenvalue weighted by molar-refractivity contribution is -0.287. The first-order valence-corrected chi connectivity index (χ1v) is 12.6. The van der Waals surface area contributed by atoms with Crippen molar-refractivity contribution in [3.8, 4) is 17.1 Å². The van der Waals surface area contributed by atoms with Crippen LogP contribution in [0.4, 0.5) is 22.0 Å². The van der Waals surface area contributed by atoms with Gasteiger partial charge >= 0.3 is 18.1 Å². The molecule has 1 N–H and O–H groups in total. The van der Waals surface area contributed by atoms with Gasteiger partial charge in [0.1, 0.15) is 6.04 Å². The molecular weight excluding hydrogens is 527 g/mol. The van der Waals surface area contributed by atoms with Crippen molar-refractivity contribution in [1.82, 2.24) is 19.8 Å². The number of aromatic nitrogens is 2. The Morgan fingerprint density at radius 3 is 2.36 bits per heavy atom. The van der Waals surface area contributed by atoms with Gasteiger partial charge in [-0.15, -0.1) is 0 Å². The molecule has 2 aliphatic rings. The Labute approximate surface area is 221 Å². The average Bonchev–Trinajstić information content (AvgIpc) is 3.38. The van der Waals surface area contributed by atoms with Crippen molar-refractivity contribution in [1.29, 1.82) is 0 Å². The Hall–Kier alpha value is -3.35. The number of piperidine rings is 1. The second-order valence-corrected chi connectivity index (χ2v) is 10.00. The summed E-state index contributed by atoms with van der Waals surface area (Å²) in [5.41, 5.74) is 2.35. The van der Waals surface area contributed by atoms with E-state index in [1.165, 1.54) is 17.3 Å². The Morgan fingerprint density at radius 1 is 1.05 bits per heavy atom. The van der Waals surface area contributed by atoms with E-state index in [0.29, 0.717) is 54.6 Å². The molecule has 1 aromatic carbocycles. The summed E-state index contributed by atoms with van der Waals surface area (Å²) >= 11 is 0. The van der Waals surface area contributed by atoms with Crippen LogP contribution in [0.25, 0.3) is 11.3 Å². The molecule has 1 atom stereocenters. The third-order valence-electron chi connectivity index (χ3n) is 7.19. The highest BCUT2D eigenvalue weighted by molar-refractivity contribution is 5.98. The number of hydrogen-bond acceptors (Lipinski definition) is 6. The molecule has 2 aromatic rings. The van der Waals surface area contributed by atoms with Crippen molar-refractivity contribution in [3.63, 3.8) is 0 Å². The first kappa shape index (κ1) is 28.7. The van der Waals surface area contributed by atoms with Crippen molar-refractivity contribution in [2.24, 2.45) is 5.92 Å². The lowest BCUT2D eigenvalue weighted by Crippen LogP contribution is -2.49. The highest BCUT2D eigenvalue weighted by atomic mass is 19.4. The minimum Gasteiger partial charge on any atom is -0.480 e. The summed E-state index contributed by atoms with van der Waals surface area (Å²) in [5, 5.41) is 9.37. The van der Waals surface area contributed by atoms with E-state index < -0.39 is 30.7 Å². The minimum atomic E-state index is -5.56. The van der Waals surface area contributed by atoms with Gasteiger partial charge in [0.25, 0.3) is 5.91 Å². The number of benzene rings is 1. The molecule has 2 fully saturated rings. The van der Waals surface area contributed by atoms with Crippen LogP contribution < -0.4 is 4.74 Å². The first-order valence-electron chi connectivity index (χ1n) is 12.6. The topological polar surface area (TPSA) is 95.9 Å². The van der Waals surface area contributed by atoms with Gasteiger partial charge in [-0.1, -0.05) is 6.07 Å². The predicted molar refractivity (Wildman–Crippen MR) is 130 cm³/mol. The fourth-order valence-corrected chi connectivity index (χ4v) is 4.91. The lowest BCUT2D eigenvalue weighted by atomic mass is 9.97. The van der Waals surface area contributed by atoms with Gasteiger partial charge in [-0.05, 0) is 69.3 Å². The van der Waals surface area contributed by atoms with Crippen molar-refractivity contribution in [3.05, 3.63) is 41.7 Å². The second-order valence-electron chi connectivity index (χ2n) is 10.00. The van der Waals surface area contributed by atoms with Crippen LogP contribution >= 0.6 is 0 Å². The molecule has 0 spiro atoms. The molecule has 39 heavy (non-hydrogen) atoms. The summed E-state index contributed by atoms with van der Waals surface area (Å²) in [7, 11) is 0. The number of likely N-dealkylation sites (tertiary alicyclic amines) is 2. The van der Waals surface area contributed by atoms with E-state index in [4.69, 9.17) is 4.74 Å². The van der Waals surface area contributed by atoms with Crippen molar-refractivity contribution >= 4 is 11.9 Å². The summed E-state index contributed by atoms with van der Waals surface area (Å²) in [6.07, 6.45) is -0.691. The van der Waals surface area contributed by atoms with Gasteiger partial charge in [0.05, 0.1) is 31.2 Å². The van der Waals surface area contributed by atoms with Gasteiger partial charge in [-0.25, -0.2) is 14.8 Å². The van der Waals surface area contributed by atoms with E-state index in [0.717, 1.165) is 4.90 Å². The smallest absolute Gasteiger partial charge is 0.454 e. The third kappa shape index (κ3) is 6.63. The Balaban J connectivity index is 1.29. The molecule has 3 heterocycles. The number of aryl methyl sites for hydroxylation is 1. The number of alkyl halides is 5. The zero-order valence-electron chi connectivity index (χ0n) is 21.3. The molecule has 0 bridgehead atoms. The molecule has 212 valence electrons. The third-order valence-corrected chi connectivity index (χ3v) is 7.19. The van der Waals surface area contributed by atoms with E-state index in [-0.39, 0.29) is 37.4 Å².